The van der Waals surface area contributed by atoms with E-state index in [1.165, 1.54) is 42.8 Å². The number of likely N-dealkylation sites (N-methyl/N-ethyl adjacent to an activating group) is 1. The molecule has 188 valence electrons. The van der Waals surface area contributed by atoms with Crippen molar-refractivity contribution in [3.05, 3.63) is 23.8 Å². The normalized spacial score (nSPS) is 26.1. The van der Waals surface area contributed by atoms with Crippen LogP contribution in [0.3, 0.4) is 0 Å². The van der Waals surface area contributed by atoms with Crippen molar-refractivity contribution in [3.63, 3.8) is 0 Å². The Morgan fingerprint density at radius 2 is 1.91 bits per heavy atom. The standard InChI is InChI=1S/C27H40N2O4S/c1-20-16-29(21(2)19-30)34(31,32)27-14-13-23(10-6-9-22-7-4-5-8-22)15-25(27)33-26(20)18-28(3)17-24-11-12-24/h13-15,20-22,24,26,30H,4-5,7-9,11-12,16-19H2,1-3H3/t20-,21+,26-/m1/s1. The van der Waals surface area contributed by atoms with Crippen LogP contribution in [0.2, 0.25) is 0 Å². The van der Waals surface area contributed by atoms with Gasteiger partial charge in [0.15, 0.2) is 0 Å². The molecule has 1 aliphatic heterocycles. The van der Waals surface area contributed by atoms with E-state index in [1.54, 1.807) is 25.1 Å². The predicted octanol–water partition coefficient (Wildman–Crippen LogP) is 3.73. The minimum atomic E-state index is -3.81. The molecule has 6 nitrogen and oxygen atoms in total. The highest BCUT2D eigenvalue weighted by atomic mass is 32.2. The monoisotopic (exact) mass is 488 g/mol. The van der Waals surface area contributed by atoms with Gasteiger partial charge < -0.3 is 14.7 Å². The fraction of sp³-hybridized carbons (Fsp3) is 0.704. The topological polar surface area (TPSA) is 70.1 Å². The SMILES string of the molecule is C[C@@H]1CN([C@@H](C)CO)S(=O)(=O)c2ccc(C#CCC3CCCC3)cc2O[C@@H]1CN(C)CC1CC1. The average Bonchev–Trinajstić information content (AvgIpc) is 3.46. The van der Waals surface area contributed by atoms with Gasteiger partial charge in [-0.1, -0.05) is 31.6 Å². The molecule has 2 fully saturated rings. The third-order valence-corrected chi connectivity index (χ3v) is 9.54. The molecule has 1 aromatic carbocycles. The van der Waals surface area contributed by atoms with Gasteiger partial charge >= 0.3 is 0 Å². The van der Waals surface area contributed by atoms with E-state index in [-0.39, 0.29) is 23.5 Å². The maximum absolute atomic E-state index is 13.6. The van der Waals surface area contributed by atoms with E-state index in [2.05, 4.69) is 23.8 Å². The largest absolute Gasteiger partial charge is 0.487 e. The van der Waals surface area contributed by atoms with Gasteiger partial charge in [-0.2, -0.15) is 4.31 Å². The van der Waals surface area contributed by atoms with Crippen LogP contribution in [0.1, 0.15) is 64.4 Å². The van der Waals surface area contributed by atoms with E-state index in [0.29, 0.717) is 18.2 Å². The van der Waals surface area contributed by atoms with Crippen LogP contribution in [0.5, 0.6) is 5.75 Å². The Kier molecular flexibility index (Phi) is 8.24. The number of rotatable bonds is 7. The van der Waals surface area contributed by atoms with Crippen molar-refractivity contribution in [2.45, 2.75) is 75.8 Å². The van der Waals surface area contributed by atoms with Crippen LogP contribution < -0.4 is 4.74 Å². The molecule has 1 N–H and O–H groups in total. The minimum absolute atomic E-state index is 0.0318. The third kappa shape index (κ3) is 6.15. The van der Waals surface area contributed by atoms with Gasteiger partial charge in [-0.05, 0) is 69.7 Å². The number of fused-ring (bicyclic) bond motifs is 1. The molecule has 0 bridgehead atoms. The van der Waals surface area contributed by atoms with E-state index in [9.17, 15) is 13.5 Å². The van der Waals surface area contributed by atoms with Crippen LogP contribution in [0, 0.1) is 29.6 Å². The Morgan fingerprint density at radius 1 is 1.18 bits per heavy atom. The van der Waals surface area contributed by atoms with Gasteiger partial charge in [-0.3, -0.25) is 0 Å². The van der Waals surface area contributed by atoms with E-state index in [1.807, 2.05) is 6.92 Å². The van der Waals surface area contributed by atoms with E-state index >= 15 is 0 Å². The number of hydrogen-bond donors (Lipinski definition) is 1. The van der Waals surface area contributed by atoms with Crippen LogP contribution in [-0.2, 0) is 10.0 Å². The molecular weight excluding hydrogens is 448 g/mol. The number of ether oxygens (including phenoxy) is 1. The summed E-state index contributed by atoms with van der Waals surface area (Å²) in [5, 5.41) is 9.80. The van der Waals surface area contributed by atoms with Gasteiger partial charge in [-0.25, -0.2) is 8.42 Å². The highest BCUT2D eigenvalue weighted by Gasteiger charge is 2.38. The van der Waals surface area contributed by atoms with Gasteiger partial charge in [0, 0.05) is 43.6 Å². The van der Waals surface area contributed by atoms with Crippen LogP contribution in [0.4, 0.5) is 0 Å². The smallest absolute Gasteiger partial charge is 0.247 e. The van der Waals surface area contributed by atoms with Crippen molar-refractivity contribution in [2.24, 2.45) is 17.8 Å². The molecule has 34 heavy (non-hydrogen) atoms. The molecular formula is C27H40N2O4S. The zero-order valence-electron chi connectivity index (χ0n) is 20.9. The van der Waals surface area contributed by atoms with E-state index < -0.39 is 16.1 Å². The Hall–Kier alpha value is -1.59. The summed E-state index contributed by atoms with van der Waals surface area (Å²) in [5.41, 5.74) is 0.784. The van der Waals surface area contributed by atoms with Gasteiger partial charge in [0.1, 0.15) is 16.7 Å². The van der Waals surface area contributed by atoms with Gasteiger partial charge in [0.25, 0.3) is 0 Å². The summed E-state index contributed by atoms with van der Waals surface area (Å²) in [6, 6.07) is 4.70. The summed E-state index contributed by atoms with van der Waals surface area (Å²) >= 11 is 0. The summed E-state index contributed by atoms with van der Waals surface area (Å²) in [6.45, 7) is 5.66. The van der Waals surface area contributed by atoms with Crippen molar-refractivity contribution in [1.29, 1.82) is 0 Å². The highest BCUT2D eigenvalue weighted by molar-refractivity contribution is 7.89. The number of aliphatic hydroxyl groups excluding tert-OH is 1. The summed E-state index contributed by atoms with van der Waals surface area (Å²) in [7, 11) is -1.70. The Morgan fingerprint density at radius 3 is 2.59 bits per heavy atom. The second-order valence-electron chi connectivity index (χ2n) is 10.7. The van der Waals surface area contributed by atoms with Crippen molar-refractivity contribution in [1.82, 2.24) is 9.21 Å². The molecule has 0 amide bonds. The zero-order chi connectivity index (χ0) is 24.3. The average molecular weight is 489 g/mol. The summed E-state index contributed by atoms with van der Waals surface area (Å²) < 4.78 is 35.1. The lowest BCUT2D eigenvalue weighted by atomic mass is 10.0. The molecule has 1 heterocycles. The van der Waals surface area contributed by atoms with Crippen LogP contribution in [0.15, 0.2) is 23.1 Å². The van der Waals surface area contributed by atoms with E-state index in [0.717, 1.165) is 31.0 Å². The predicted molar refractivity (Wildman–Crippen MR) is 134 cm³/mol. The molecule has 1 aromatic rings. The number of aliphatic hydroxyl groups is 1. The van der Waals surface area contributed by atoms with Crippen LogP contribution in [-0.4, -0.2) is 68.2 Å². The lowest BCUT2D eigenvalue weighted by Gasteiger charge is -2.37. The molecule has 0 radical (unpaired) electrons. The lowest BCUT2D eigenvalue weighted by molar-refractivity contribution is 0.0740. The van der Waals surface area contributed by atoms with Crippen molar-refractivity contribution < 1.29 is 18.3 Å². The second kappa shape index (κ2) is 11.0. The molecule has 4 rings (SSSR count). The van der Waals surface area contributed by atoms with Gasteiger partial charge in [0.05, 0.1) is 6.61 Å². The highest BCUT2D eigenvalue weighted by Crippen LogP contribution is 2.35. The molecule has 0 saturated heterocycles. The second-order valence-corrected chi connectivity index (χ2v) is 12.6. The quantitative estimate of drug-likeness (QED) is 0.593. The minimum Gasteiger partial charge on any atom is -0.487 e. The number of benzene rings is 1. The van der Waals surface area contributed by atoms with Crippen molar-refractivity contribution in [3.8, 4) is 17.6 Å². The maximum atomic E-state index is 13.6. The lowest BCUT2D eigenvalue weighted by Crippen LogP contribution is -2.49. The Labute approximate surface area is 205 Å². The molecule has 0 aromatic heterocycles. The Balaban J connectivity index is 1.63. The molecule has 3 atom stereocenters. The first-order valence-corrected chi connectivity index (χ1v) is 14.3. The first-order chi connectivity index (χ1) is 16.3. The molecule has 7 heteroatoms. The zero-order valence-corrected chi connectivity index (χ0v) is 21.7. The number of hydrogen-bond acceptors (Lipinski definition) is 5. The molecule has 0 spiro atoms. The fourth-order valence-electron chi connectivity index (χ4n) is 5.16. The van der Waals surface area contributed by atoms with Gasteiger partial charge in [-0.15, -0.1) is 0 Å². The number of sulfonamides is 1. The summed E-state index contributed by atoms with van der Waals surface area (Å²) in [4.78, 5) is 2.47. The van der Waals surface area contributed by atoms with Crippen molar-refractivity contribution >= 4 is 10.0 Å². The first-order valence-electron chi connectivity index (χ1n) is 12.9. The third-order valence-electron chi connectivity index (χ3n) is 7.52. The summed E-state index contributed by atoms with van der Waals surface area (Å²) in [6.07, 6.45) is 8.43. The summed E-state index contributed by atoms with van der Waals surface area (Å²) in [5.74, 6) is 8.36. The van der Waals surface area contributed by atoms with Crippen molar-refractivity contribution in [2.75, 3.05) is 33.3 Å². The fourth-order valence-corrected chi connectivity index (χ4v) is 6.98. The molecule has 2 aliphatic carbocycles. The number of nitrogens with zero attached hydrogens (tertiary/aromatic N) is 2. The molecule has 3 aliphatic rings. The molecule has 2 saturated carbocycles. The van der Waals surface area contributed by atoms with E-state index in [4.69, 9.17) is 4.74 Å². The van der Waals surface area contributed by atoms with Gasteiger partial charge in [0.2, 0.25) is 10.0 Å². The van der Waals surface area contributed by atoms with Crippen LogP contribution >= 0.6 is 0 Å². The van der Waals surface area contributed by atoms with Crippen LogP contribution in [0.25, 0.3) is 0 Å². The Bertz CT molecular complexity index is 1010. The maximum Gasteiger partial charge on any atom is 0.247 e. The first kappa shape index (κ1) is 25.5. The molecule has 0 unspecified atom stereocenters.